The zero-order chi connectivity index (χ0) is 22.8. The molecule has 1 saturated heterocycles. The number of nitrogens with zero attached hydrogens (tertiary/aromatic N) is 2. The molecule has 1 N–H and O–H groups in total. The van der Waals surface area contributed by atoms with Crippen LogP contribution in [-0.4, -0.2) is 33.8 Å². The van der Waals surface area contributed by atoms with Gasteiger partial charge in [0.25, 0.3) is 11.7 Å². The number of pyridine rings is 1. The van der Waals surface area contributed by atoms with Crippen LogP contribution < -0.4 is 4.74 Å². The van der Waals surface area contributed by atoms with Gasteiger partial charge in [0.1, 0.15) is 11.6 Å². The molecule has 1 aromatic heterocycles. The number of carbonyl (C=O) groups excluding carboxylic acids is 2. The lowest BCUT2D eigenvalue weighted by Gasteiger charge is -2.25. The van der Waals surface area contributed by atoms with Gasteiger partial charge in [-0.2, -0.15) is 0 Å². The average Bonchev–Trinajstić information content (AvgIpc) is 3.04. The van der Waals surface area contributed by atoms with E-state index in [0.717, 1.165) is 6.07 Å². The summed E-state index contributed by atoms with van der Waals surface area (Å²) in [5.74, 6) is -3.72. The number of Topliss-reactive ketones (excluding diaryl/α,β-unsaturated/α-hetero) is 1. The van der Waals surface area contributed by atoms with Crippen LogP contribution in [-0.2, 0) is 16.1 Å². The highest BCUT2D eigenvalue weighted by atomic mass is 19.1. The van der Waals surface area contributed by atoms with Gasteiger partial charge in [-0.3, -0.25) is 14.6 Å². The molecule has 2 heterocycles. The zero-order valence-electron chi connectivity index (χ0n) is 17.0. The Labute approximate surface area is 182 Å². The standard InChI is InChI=1S/C24H18F2N2O4/c1-32-19-8-7-16(11-18(19)26)22(29)20-21(15-5-2-6-17(25)10-15)28(24(31)23(20)30)13-14-4-3-9-27-12-14/h2-12,21,29H,13H2,1H3/b22-20+/t21-/m0/s1. The number of ether oxygens (including phenoxy) is 1. The number of hydrogen-bond donors (Lipinski definition) is 1. The third-order valence-corrected chi connectivity index (χ3v) is 5.21. The van der Waals surface area contributed by atoms with Gasteiger partial charge >= 0.3 is 0 Å². The van der Waals surface area contributed by atoms with Crippen molar-refractivity contribution in [3.8, 4) is 5.75 Å². The quantitative estimate of drug-likeness (QED) is 0.372. The maximum absolute atomic E-state index is 14.2. The lowest BCUT2D eigenvalue weighted by atomic mass is 9.95. The lowest BCUT2D eigenvalue weighted by molar-refractivity contribution is -0.140. The van der Waals surface area contributed by atoms with Gasteiger partial charge in [-0.1, -0.05) is 18.2 Å². The third-order valence-electron chi connectivity index (χ3n) is 5.21. The van der Waals surface area contributed by atoms with Crippen LogP contribution in [0.5, 0.6) is 5.75 Å². The Balaban J connectivity index is 1.87. The van der Waals surface area contributed by atoms with Crippen molar-refractivity contribution in [2.75, 3.05) is 7.11 Å². The Bertz CT molecular complexity index is 1230. The molecule has 0 radical (unpaired) electrons. The van der Waals surface area contributed by atoms with Crippen LogP contribution in [0.4, 0.5) is 8.78 Å². The molecule has 0 saturated carbocycles. The van der Waals surface area contributed by atoms with Crippen LogP contribution >= 0.6 is 0 Å². The molecule has 0 aliphatic carbocycles. The monoisotopic (exact) mass is 436 g/mol. The molecule has 6 nitrogen and oxygen atoms in total. The Hall–Kier alpha value is -4.07. The van der Waals surface area contributed by atoms with E-state index in [1.54, 1.807) is 30.6 Å². The summed E-state index contributed by atoms with van der Waals surface area (Å²) >= 11 is 0. The first kappa shape index (κ1) is 21.2. The molecule has 4 rings (SSSR count). The van der Waals surface area contributed by atoms with E-state index in [9.17, 15) is 23.5 Å². The van der Waals surface area contributed by atoms with Crippen molar-refractivity contribution in [1.29, 1.82) is 0 Å². The smallest absolute Gasteiger partial charge is 0.295 e. The number of aliphatic hydroxyl groups excluding tert-OH is 1. The first-order chi connectivity index (χ1) is 15.4. The van der Waals surface area contributed by atoms with Crippen molar-refractivity contribution in [2.24, 2.45) is 0 Å². The largest absolute Gasteiger partial charge is 0.507 e. The fourth-order valence-corrected chi connectivity index (χ4v) is 3.72. The summed E-state index contributed by atoms with van der Waals surface area (Å²) in [5.41, 5.74) is 0.674. The molecular weight excluding hydrogens is 418 g/mol. The molecule has 1 aliphatic heterocycles. The summed E-state index contributed by atoms with van der Waals surface area (Å²) in [7, 11) is 1.30. The summed E-state index contributed by atoms with van der Waals surface area (Å²) in [6, 6.07) is 11.4. The Morgan fingerprint density at radius 2 is 1.94 bits per heavy atom. The second kappa shape index (κ2) is 8.58. The SMILES string of the molecule is COc1ccc(/C(O)=C2\C(=O)C(=O)N(Cc3cccnc3)[C@H]2c2cccc(F)c2)cc1F. The number of hydrogen-bond acceptors (Lipinski definition) is 5. The first-order valence-corrected chi connectivity index (χ1v) is 9.67. The van der Waals surface area contributed by atoms with Crippen molar-refractivity contribution in [3.63, 3.8) is 0 Å². The highest BCUT2D eigenvalue weighted by Gasteiger charge is 2.46. The van der Waals surface area contributed by atoms with E-state index in [2.05, 4.69) is 4.98 Å². The van der Waals surface area contributed by atoms with Gasteiger partial charge in [0.2, 0.25) is 0 Å². The van der Waals surface area contributed by atoms with Gasteiger partial charge < -0.3 is 14.7 Å². The first-order valence-electron chi connectivity index (χ1n) is 9.67. The third kappa shape index (κ3) is 3.82. The molecule has 1 fully saturated rings. The van der Waals surface area contributed by atoms with E-state index in [4.69, 9.17) is 4.74 Å². The molecule has 0 unspecified atom stereocenters. The minimum absolute atomic E-state index is 0.00729. The van der Waals surface area contributed by atoms with Gasteiger partial charge in [-0.05, 0) is 47.5 Å². The highest BCUT2D eigenvalue weighted by molar-refractivity contribution is 6.46. The topological polar surface area (TPSA) is 79.7 Å². The predicted molar refractivity (Wildman–Crippen MR) is 111 cm³/mol. The Kier molecular flexibility index (Phi) is 5.68. The number of amides is 1. The maximum atomic E-state index is 14.2. The Morgan fingerprint density at radius 1 is 1.12 bits per heavy atom. The summed E-state index contributed by atoms with van der Waals surface area (Å²) in [4.78, 5) is 31.1. The van der Waals surface area contributed by atoms with Crippen molar-refractivity contribution >= 4 is 17.4 Å². The fourth-order valence-electron chi connectivity index (χ4n) is 3.72. The van der Waals surface area contributed by atoms with Crippen LogP contribution in [0.1, 0.15) is 22.7 Å². The van der Waals surface area contributed by atoms with Gasteiger partial charge in [-0.15, -0.1) is 0 Å². The summed E-state index contributed by atoms with van der Waals surface area (Å²) in [6.45, 7) is 0.00729. The number of halogens is 2. The van der Waals surface area contributed by atoms with Crippen LogP contribution in [0.15, 0.2) is 72.6 Å². The second-order valence-corrected chi connectivity index (χ2v) is 7.19. The number of rotatable bonds is 5. The molecule has 32 heavy (non-hydrogen) atoms. The second-order valence-electron chi connectivity index (χ2n) is 7.19. The molecule has 1 atom stereocenters. The number of carbonyl (C=O) groups is 2. The van der Waals surface area contributed by atoms with E-state index in [-0.39, 0.29) is 23.4 Å². The lowest BCUT2D eigenvalue weighted by Crippen LogP contribution is -2.29. The predicted octanol–water partition coefficient (Wildman–Crippen LogP) is 3.99. The van der Waals surface area contributed by atoms with Crippen molar-refractivity contribution < 1.29 is 28.2 Å². The molecular formula is C24H18F2N2O4. The Morgan fingerprint density at radius 3 is 2.59 bits per heavy atom. The molecule has 8 heteroatoms. The van der Waals surface area contributed by atoms with E-state index < -0.39 is 35.1 Å². The number of aliphatic hydroxyl groups is 1. The van der Waals surface area contributed by atoms with Gasteiger partial charge in [0.05, 0.1) is 18.7 Å². The number of likely N-dealkylation sites (tertiary alicyclic amines) is 1. The molecule has 2 aromatic carbocycles. The van der Waals surface area contributed by atoms with Crippen LogP contribution in [0.25, 0.3) is 5.76 Å². The molecule has 3 aromatic rings. The van der Waals surface area contributed by atoms with Crippen molar-refractivity contribution in [3.05, 3.63) is 101 Å². The summed E-state index contributed by atoms with van der Waals surface area (Å²) < 4.78 is 33.1. The molecule has 0 spiro atoms. The molecule has 0 bridgehead atoms. The fraction of sp³-hybridized carbons (Fsp3) is 0.125. The van der Waals surface area contributed by atoms with Crippen LogP contribution in [0.2, 0.25) is 0 Å². The molecule has 1 aliphatic rings. The highest BCUT2D eigenvalue weighted by Crippen LogP contribution is 2.40. The summed E-state index contributed by atoms with van der Waals surface area (Å²) in [6.07, 6.45) is 3.11. The summed E-state index contributed by atoms with van der Waals surface area (Å²) in [5, 5.41) is 10.9. The minimum atomic E-state index is -1.07. The average molecular weight is 436 g/mol. The maximum Gasteiger partial charge on any atom is 0.295 e. The van der Waals surface area contributed by atoms with Crippen molar-refractivity contribution in [1.82, 2.24) is 9.88 Å². The van der Waals surface area contributed by atoms with Gasteiger partial charge in [-0.25, -0.2) is 8.78 Å². The van der Waals surface area contributed by atoms with Gasteiger partial charge in [0.15, 0.2) is 11.6 Å². The normalized spacial score (nSPS) is 17.6. The van der Waals surface area contributed by atoms with Crippen molar-refractivity contribution in [2.45, 2.75) is 12.6 Å². The van der Waals surface area contributed by atoms with E-state index in [1.165, 1.54) is 42.3 Å². The number of aromatic nitrogens is 1. The number of benzene rings is 2. The molecule has 1 amide bonds. The minimum Gasteiger partial charge on any atom is -0.507 e. The molecule has 162 valence electrons. The zero-order valence-corrected chi connectivity index (χ0v) is 17.0. The number of methoxy groups -OCH3 is 1. The van der Waals surface area contributed by atoms with E-state index in [1.807, 2.05) is 0 Å². The number of ketones is 1. The van der Waals surface area contributed by atoms with E-state index in [0.29, 0.717) is 11.1 Å². The van der Waals surface area contributed by atoms with Gasteiger partial charge in [0, 0.05) is 24.5 Å². The van der Waals surface area contributed by atoms with Crippen LogP contribution in [0, 0.1) is 11.6 Å². The van der Waals surface area contributed by atoms with E-state index >= 15 is 0 Å². The van der Waals surface area contributed by atoms with Crippen LogP contribution in [0.3, 0.4) is 0 Å².